The molecule has 4 heterocycles. The second kappa shape index (κ2) is 6.15. The van der Waals surface area contributed by atoms with E-state index < -0.39 is 5.60 Å². The molecule has 2 amide bonds. The zero-order chi connectivity index (χ0) is 20.5. The highest BCUT2D eigenvalue weighted by Gasteiger charge is 2.47. The van der Waals surface area contributed by atoms with E-state index >= 15 is 0 Å². The van der Waals surface area contributed by atoms with Crippen LogP contribution < -0.4 is 10.2 Å². The molecule has 0 aromatic heterocycles. The van der Waals surface area contributed by atoms with E-state index in [9.17, 15) is 9.59 Å². The number of benzene rings is 1. The highest BCUT2D eigenvalue weighted by molar-refractivity contribution is 5.94. The van der Waals surface area contributed by atoms with Gasteiger partial charge in [-0.15, -0.1) is 0 Å². The van der Waals surface area contributed by atoms with E-state index in [-0.39, 0.29) is 24.1 Å². The molecule has 0 radical (unpaired) electrons. The first kappa shape index (κ1) is 18.3. The number of likely N-dealkylation sites (tertiary alicyclic amines) is 1. The molecule has 1 N–H and O–H groups in total. The normalized spacial score (nSPS) is 23.2. The topological polar surface area (TPSA) is 64.9 Å². The number of anilines is 2. The number of ether oxygens (including phenoxy) is 1. The largest absolute Gasteiger partial charge is 0.444 e. The lowest BCUT2D eigenvalue weighted by molar-refractivity contribution is -0.126. The second-order valence-electron chi connectivity index (χ2n) is 9.43. The van der Waals surface area contributed by atoms with Crippen molar-refractivity contribution >= 4 is 23.4 Å². The number of allylic oxidation sites excluding steroid dienone is 1. The Hall–Kier alpha value is -2.70. The van der Waals surface area contributed by atoms with Crippen molar-refractivity contribution in [1.82, 2.24) is 9.80 Å². The summed E-state index contributed by atoms with van der Waals surface area (Å²) in [5.74, 6) is 0.196. The number of carbonyl (C=O) groups excluding carboxylic acids is 2. The molecule has 29 heavy (non-hydrogen) atoms. The van der Waals surface area contributed by atoms with Crippen LogP contribution in [0.3, 0.4) is 0 Å². The third-order valence-corrected chi connectivity index (χ3v) is 6.04. The summed E-state index contributed by atoms with van der Waals surface area (Å²) in [5.41, 5.74) is 5.49. The molecule has 4 aliphatic rings. The van der Waals surface area contributed by atoms with Gasteiger partial charge in [0.25, 0.3) is 0 Å². The van der Waals surface area contributed by atoms with Crippen molar-refractivity contribution in [2.24, 2.45) is 0 Å². The smallest absolute Gasteiger partial charge is 0.410 e. The summed E-state index contributed by atoms with van der Waals surface area (Å²) < 4.78 is 5.42. The first-order valence-electron chi connectivity index (χ1n) is 10.4. The third kappa shape index (κ3) is 3.12. The average Bonchev–Trinajstić information content (AvgIpc) is 3.41. The molecule has 2 saturated heterocycles. The summed E-state index contributed by atoms with van der Waals surface area (Å²) in [4.78, 5) is 30.5. The van der Waals surface area contributed by atoms with Crippen molar-refractivity contribution in [2.75, 3.05) is 29.9 Å². The van der Waals surface area contributed by atoms with Gasteiger partial charge in [0, 0.05) is 30.2 Å². The van der Waals surface area contributed by atoms with Gasteiger partial charge >= 0.3 is 6.09 Å². The van der Waals surface area contributed by atoms with E-state index in [1.54, 1.807) is 4.90 Å². The zero-order valence-electron chi connectivity index (χ0n) is 17.5. The quantitative estimate of drug-likeness (QED) is 0.779. The summed E-state index contributed by atoms with van der Waals surface area (Å²) >= 11 is 0. The van der Waals surface area contributed by atoms with Crippen LogP contribution in [0.25, 0.3) is 0 Å². The van der Waals surface area contributed by atoms with Crippen LogP contribution in [0.5, 0.6) is 0 Å². The van der Waals surface area contributed by atoms with E-state index in [1.165, 1.54) is 17.0 Å². The monoisotopic (exact) mass is 396 g/mol. The van der Waals surface area contributed by atoms with Crippen molar-refractivity contribution in [2.45, 2.75) is 58.2 Å². The number of hydrogen-bond donors (Lipinski definition) is 1. The molecule has 0 aliphatic carbocycles. The third-order valence-electron chi connectivity index (χ3n) is 6.04. The summed E-state index contributed by atoms with van der Waals surface area (Å²) in [6.45, 7) is 9.70. The molecule has 2 fully saturated rings. The minimum atomic E-state index is -0.472. The van der Waals surface area contributed by atoms with Crippen molar-refractivity contribution in [3.63, 3.8) is 0 Å². The Morgan fingerprint density at radius 1 is 1.17 bits per heavy atom. The highest BCUT2D eigenvalue weighted by Crippen LogP contribution is 2.45. The SMILES string of the molecule is CC1C(=O)N2CC2=C2CCc3ccc(NC4CN(C(=O)OC(C)(C)C)C4)cc3N21. The van der Waals surface area contributed by atoms with Crippen LogP contribution in [-0.2, 0) is 16.0 Å². The zero-order valence-corrected chi connectivity index (χ0v) is 17.5. The number of nitrogens with zero attached hydrogens (tertiary/aromatic N) is 3. The van der Waals surface area contributed by atoms with Gasteiger partial charge in [0.1, 0.15) is 11.6 Å². The fourth-order valence-corrected chi connectivity index (χ4v) is 4.52. The number of aryl methyl sites for hydroxylation is 1. The molecule has 0 spiro atoms. The Balaban J connectivity index is 1.29. The number of rotatable bonds is 2. The van der Waals surface area contributed by atoms with Crippen LogP contribution in [0, 0.1) is 0 Å². The lowest BCUT2D eigenvalue weighted by Gasteiger charge is -2.41. The van der Waals surface area contributed by atoms with Crippen LogP contribution in [0.15, 0.2) is 29.6 Å². The standard InChI is InChI=1S/C22H28N4O3/c1-13-20(27)25-12-19(25)17-8-6-14-5-7-15(9-18(14)26(13)17)23-16-10-24(11-16)21(28)29-22(2,3)4/h5,7,9,13,16,23H,6,8,10-12H2,1-4H3. The predicted molar refractivity (Wildman–Crippen MR) is 111 cm³/mol. The van der Waals surface area contributed by atoms with Crippen molar-refractivity contribution < 1.29 is 14.3 Å². The molecule has 7 heteroatoms. The van der Waals surface area contributed by atoms with Gasteiger partial charge in [-0.25, -0.2) is 4.79 Å². The van der Waals surface area contributed by atoms with Crippen LogP contribution in [0.4, 0.5) is 16.2 Å². The van der Waals surface area contributed by atoms with E-state index in [0.717, 1.165) is 30.8 Å². The van der Waals surface area contributed by atoms with Crippen LogP contribution >= 0.6 is 0 Å². The van der Waals surface area contributed by atoms with Crippen molar-refractivity contribution in [3.8, 4) is 0 Å². The van der Waals surface area contributed by atoms with Crippen LogP contribution in [-0.4, -0.2) is 59.1 Å². The fourth-order valence-electron chi connectivity index (χ4n) is 4.52. The van der Waals surface area contributed by atoms with Gasteiger partial charge < -0.3 is 24.8 Å². The van der Waals surface area contributed by atoms with Gasteiger partial charge in [-0.2, -0.15) is 0 Å². The summed E-state index contributed by atoms with van der Waals surface area (Å²) in [5, 5.41) is 3.53. The van der Waals surface area contributed by atoms with Gasteiger partial charge in [0.2, 0.25) is 5.91 Å². The Labute approximate surface area is 171 Å². The first-order valence-corrected chi connectivity index (χ1v) is 10.4. The Bertz CT molecular complexity index is 926. The number of amides is 2. The molecule has 1 atom stereocenters. The molecule has 0 bridgehead atoms. The fraction of sp³-hybridized carbons (Fsp3) is 0.545. The number of hydrogen-bond acceptors (Lipinski definition) is 5. The van der Waals surface area contributed by atoms with E-state index in [1.807, 2.05) is 32.6 Å². The van der Waals surface area contributed by atoms with Crippen LogP contribution in [0.2, 0.25) is 0 Å². The van der Waals surface area contributed by atoms with E-state index in [4.69, 9.17) is 4.74 Å². The Morgan fingerprint density at radius 2 is 1.93 bits per heavy atom. The first-order chi connectivity index (χ1) is 13.7. The maximum Gasteiger partial charge on any atom is 0.410 e. The predicted octanol–water partition coefficient (Wildman–Crippen LogP) is 2.93. The molecule has 154 valence electrons. The lowest BCUT2D eigenvalue weighted by Crippen LogP contribution is -2.57. The maximum atomic E-state index is 12.5. The highest BCUT2D eigenvalue weighted by atomic mass is 16.6. The molecule has 7 nitrogen and oxygen atoms in total. The molecular formula is C22H28N4O3. The minimum absolute atomic E-state index is 0.156. The van der Waals surface area contributed by atoms with Gasteiger partial charge in [0.05, 0.1) is 18.3 Å². The Kier molecular flexibility index (Phi) is 3.89. The van der Waals surface area contributed by atoms with Gasteiger partial charge in [-0.05, 0) is 58.2 Å². The summed E-state index contributed by atoms with van der Waals surface area (Å²) in [6.07, 6.45) is 1.75. The van der Waals surface area contributed by atoms with E-state index in [2.05, 4.69) is 28.4 Å². The van der Waals surface area contributed by atoms with Gasteiger partial charge in [0.15, 0.2) is 0 Å². The lowest BCUT2D eigenvalue weighted by atomic mass is 9.95. The molecule has 4 aliphatic heterocycles. The average molecular weight is 396 g/mol. The number of nitrogens with one attached hydrogen (secondary N) is 1. The Morgan fingerprint density at radius 3 is 2.66 bits per heavy atom. The minimum Gasteiger partial charge on any atom is -0.444 e. The maximum absolute atomic E-state index is 12.5. The molecule has 0 saturated carbocycles. The molecule has 1 aromatic rings. The van der Waals surface area contributed by atoms with Gasteiger partial charge in [-0.1, -0.05) is 6.07 Å². The van der Waals surface area contributed by atoms with Gasteiger partial charge in [-0.3, -0.25) is 4.79 Å². The molecule has 1 aromatic carbocycles. The van der Waals surface area contributed by atoms with Crippen molar-refractivity contribution in [1.29, 1.82) is 0 Å². The second-order valence-corrected chi connectivity index (χ2v) is 9.43. The molecule has 1 unspecified atom stereocenters. The number of fused-ring (bicyclic) bond motifs is 4. The molecular weight excluding hydrogens is 368 g/mol. The van der Waals surface area contributed by atoms with Crippen molar-refractivity contribution in [3.05, 3.63) is 35.2 Å². The summed E-state index contributed by atoms with van der Waals surface area (Å²) in [7, 11) is 0. The number of carbonyl (C=O) groups is 2. The molecule has 5 rings (SSSR count). The summed E-state index contributed by atoms with van der Waals surface area (Å²) in [6, 6.07) is 6.48. The van der Waals surface area contributed by atoms with E-state index in [0.29, 0.717) is 13.1 Å². The van der Waals surface area contributed by atoms with Crippen LogP contribution in [0.1, 0.15) is 39.7 Å².